The molecule has 2 aromatic heterocycles. The molecule has 2 aliphatic rings. The van der Waals surface area contributed by atoms with Crippen molar-refractivity contribution in [2.24, 2.45) is 12.2 Å². The number of carboxylic acid groups (broad SMARTS) is 1. The second-order valence-electron chi connectivity index (χ2n) is 8.45. The fourth-order valence-electron chi connectivity index (χ4n) is 4.06. The number of amides is 2. The van der Waals surface area contributed by atoms with Gasteiger partial charge in [-0.25, -0.2) is 23.8 Å². The van der Waals surface area contributed by atoms with Gasteiger partial charge in [0.15, 0.2) is 21.8 Å². The van der Waals surface area contributed by atoms with Gasteiger partial charge in [-0.2, -0.15) is 5.10 Å². The zero-order valence-corrected chi connectivity index (χ0v) is 23.3. The summed E-state index contributed by atoms with van der Waals surface area (Å²) in [5.41, 5.74) is 6.74. The third kappa shape index (κ3) is 5.26. The van der Waals surface area contributed by atoms with Gasteiger partial charge in [0.05, 0.1) is 0 Å². The van der Waals surface area contributed by atoms with Gasteiger partial charge in [-0.05, 0) is 29.8 Å². The number of nitrogen functional groups attached to an aromatic ring is 1. The zero-order valence-electron chi connectivity index (χ0n) is 20.9. The fraction of sp³-hybridized carbons (Fsp3) is 0.261. The summed E-state index contributed by atoms with van der Waals surface area (Å²) in [7, 11) is 2.97. The number of oxime groups is 1. The summed E-state index contributed by atoms with van der Waals surface area (Å²) in [5.74, 6) is -1.91. The van der Waals surface area contributed by atoms with E-state index in [1.807, 2.05) is 0 Å². The first-order chi connectivity index (χ1) is 19.2. The average molecular weight is 605 g/mol. The van der Waals surface area contributed by atoms with Gasteiger partial charge < -0.3 is 21.0 Å². The number of rotatable bonds is 9. The molecule has 40 heavy (non-hydrogen) atoms. The Morgan fingerprint density at radius 2 is 2.08 bits per heavy atom. The van der Waals surface area contributed by atoms with E-state index in [1.54, 1.807) is 23.9 Å². The molecule has 1 saturated heterocycles. The molecule has 1 unspecified atom stereocenters. The van der Waals surface area contributed by atoms with Crippen LogP contribution in [-0.2, 0) is 26.3 Å². The van der Waals surface area contributed by atoms with Crippen LogP contribution in [0.2, 0.25) is 0 Å². The van der Waals surface area contributed by atoms with E-state index in [0.29, 0.717) is 27.9 Å². The number of fused-ring (bicyclic) bond motifs is 1. The zero-order chi connectivity index (χ0) is 28.6. The van der Waals surface area contributed by atoms with Gasteiger partial charge in [0.2, 0.25) is 0 Å². The molecule has 2 aliphatic heterocycles. The van der Waals surface area contributed by atoms with Crippen LogP contribution in [0.25, 0.3) is 11.4 Å². The number of aliphatic carboxylic acids is 1. The smallest absolute Gasteiger partial charge is 0.352 e. The lowest BCUT2D eigenvalue weighted by molar-refractivity contribution is -0.150. The average Bonchev–Trinajstić information content (AvgIpc) is 3.53. The quantitative estimate of drug-likeness (QED) is 0.140. The largest absolute Gasteiger partial charge is 0.477 e. The molecule has 4 N–H and O–H groups in total. The lowest BCUT2D eigenvalue weighted by Crippen LogP contribution is -2.71. The Morgan fingerprint density at radius 1 is 1.32 bits per heavy atom. The molecule has 4 heterocycles. The van der Waals surface area contributed by atoms with Crippen molar-refractivity contribution in [3.63, 3.8) is 0 Å². The number of carbonyl (C=O) groups excluding carboxylic acids is 2. The van der Waals surface area contributed by atoms with E-state index in [1.165, 1.54) is 53.0 Å². The Balaban J connectivity index is 1.30. The minimum absolute atomic E-state index is 0.120. The number of benzene rings is 1. The van der Waals surface area contributed by atoms with Gasteiger partial charge in [0.25, 0.3) is 11.8 Å². The number of hydrogen-bond donors (Lipinski definition) is 3. The molecule has 3 aromatic rings. The summed E-state index contributed by atoms with van der Waals surface area (Å²) < 4.78 is 14.8. The lowest BCUT2D eigenvalue weighted by atomic mass is 10.0. The van der Waals surface area contributed by atoms with Crippen LogP contribution in [0.15, 0.2) is 51.2 Å². The van der Waals surface area contributed by atoms with Gasteiger partial charge in [-0.1, -0.05) is 16.9 Å². The van der Waals surface area contributed by atoms with Crippen molar-refractivity contribution in [3.05, 3.63) is 52.4 Å². The van der Waals surface area contributed by atoms with Gasteiger partial charge in [0.1, 0.15) is 35.7 Å². The summed E-state index contributed by atoms with van der Waals surface area (Å²) in [6, 6.07) is 4.82. The van der Waals surface area contributed by atoms with Crippen molar-refractivity contribution in [3.8, 4) is 11.4 Å². The minimum Gasteiger partial charge on any atom is -0.477 e. The molecule has 5 rings (SSSR count). The molecule has 0 radical (unpaired) electrons. The lowest BCUT2D eigenvalue weighted by Gasteiger charge is -2.49. The Hall–Kier alpha value is -3.96. The number of nitrogens with two attached hydrogens (primary N) is 1. The first kappa shape index (κ1) is 27.6. The molecule has 0 bridgehead atoms. The number of aryl methyl sites for hydroxylation is 1. The van der Waals surface area contributed by atoms with Crippen molar-refractivity contribution in [1.29, 1.82) is 0 Å². The van der Waals surface area contributed by atoms with E-state index in [4.69, 9.17) is 10.6 Å². The van der Waals surface area contributed by atoms with Crippen molar-refractivity contribution in [2.75, 3.05) is 24.3 Å². The molecular weight excluding hydrogens is 584 g/mol. The van der Waals surface area contributed by atoms with Crippen molar-refractivity contribution < 1.29 is 28.7 Å². The Bertz CT molecular complexity index is 1550. The van der Waals surface area contributed by atoms with Crippen LogP contribution in [0.3, 0.4) is 0 Å². The van der Waals surface area contributed by atoms with E-state index >= 15 is 0 Å². The predicted molar refractivity (Wildman–Crippen MR) is 147 cm³/mol. The van der Waals surface area contributed by atoms with Gasteiger partial charge in [-0.15, -0.1) is 23.1 Å². The molecule has 17 heteroatoms. The third-order valence-corrected chi connectivity index (χ3v) is 9.02. The highest BCUT2D eigenvalue weighted by Crippen LogP contribution is 2.41. The van der Waals surface area contributed by atoms with Gasteiger partial charge in [-0.3, -0.25) is 14.5 Å². The monoisotopic (exact) mass is 604 g/mol. The number of carbonyl (C=O) groups is 3. The summed E-state index contributed by atoms with van der Waals surface area (Å²) in [6.07, 6.45) is 0. The van der Waals surface area contributed by atoms with E-state index in [2.05, 4.69) is 25.5 Å². The Morgan fingerprint density at radius 3 is 2.73 bits per heavy atom. The number of carboxylic acids is 1. The summed E-state index contributed by atoms with van der Waals surface area (Å²) >= 11 is 3.72. The SMILES string of the molecule is CO/N=C(/C(=O)N[C@@H]1C(=O)N2C(C(=O)O)=C(CSc3nc(-c4ccc(F)cc4)nn3C)CSC12)c1csc(N)n1. The summed E-state index contributed by atoms with van der Waals surface area (Å²) in [5, 5.41) is 22.3. The number of β-lactam (4-membered cyclic amide) rings is 1. The van der Waals surface area contributed by atoms with Crippen LogP contribution < -0.4 is 11.1 Å². The van der Waals surface area contributed by atoms with Crippen molar-refractivity contribution >= 4 is 63.5 Å². The molecular formula is C23H21FN8O5S3. The van der Waals surface area contributed by atoms with Crippen LogP contribution in [0.5, 0.6) is 0 Å². The molecule has 208 valence electrons. The second kappa shape index (κ2) is 11.3. The maximum absolute atomic E-state index is 13.3. The van der Waals surface area contributed by atoms with Crippen LogP contribution >= 0.6 is 34.9 Å². The number of anilines is 1. The number of thioether (sulfide) groups is 2. The first-order valence-corrected chi connectivity index (χ1v) is 14.4. The Labute approximate surface area is 238 Å². The molecule has 13 nitrogen and oxygen atoms in total. The van der Waals surface area contributed by atoms with E-state index in [9.17, 15) is 23.9 Å². The molecule has 2 atom stereocenters. The highest BCUT2D eigenvalue weighted by Gasteiger charge is 2.54. The summed E-state index contributed by atoms with van der Waals surface area (Å²) in [6.45, 7) is 0. The van der Waals surface area contributed by atoms with Crippen molar-refractivity contribution in [2.45, 2.75) is 16.6 Å². The van der Waals surface area contributed by atoms with Gasteiger partial charge >= 0.3 is 5.97 Å². The van der Waals surface area contributed by atoms with Crippen LogP contribution in [-0.4, -0.2) is 83.3 Å². The normalized spacial score (nSPS) is 18.8. The maximum Gasteiger partial charge on any atom is 0.352 e. The third-order valence-electron chi connectivity index (χ3n) is 5.90. The second-order valence-corrected chi connectivity index (χ2v) is 11.4. The van der Waals surface area contributed by atoms with Crippen LogP contribution in [0.4, 0.5) is 9.52 Å². The van der Waals surface area contributed by atoms with E-state index in [-0.39, 0.29) is 33.8 Å². The molecule has 0 saturated carbocycles. The number of thiazole rings is 1. The molecule has 2 amide bonds. The molecule has 0 spiro atoms. The van der Waals surface area contributed by atoms with Crippen molar-refractivity contribution in [1.82, 2.24) is 30.0 Å². The van der Waals surface area contributed by atoms with Gasteiger partial charge in [0, 0.05) is 29.5 Å². The predicted octanol–water partition coefficient (Wildman–Crippen LogP) is 1.54. The number of aromatic nitrogens is 4. The topological polar surface area (TPSA) is 178 Å². The van der Waals surface area contributed by atoms with E-state index in [0.717, 1.165) is 11.3 Å². The maximum atomic E-state index is 13.3. The van der Waals surface area contributed by atoms with E-state index < -0.39 is 29.2 Å². The molecule has 0 aliphatic carbocycles. The first-order valence-electron chi connectivity index (χ1n) is 11.5. The summed E-state index contributed by atoms with van der Waals surface area (Å²) in [4.78, 5) is 52.7. The fourth-order valence-corrected chi connectivity index (χ4v) is 7.01. The van der Waals surface area contributed by atoms with Crippen LogP contribution in [0.1, 0.15) is 5.69 Å². The number of nitrogens with one attached hydrogen (secondary N) is 1. The van der Waals surface area contributed by atoms with Crippen LogP contribution in [0, 0.1) is 5.82 Å². The number of hydrogen-bond acceptors (Lipinski definition) is 12. The number of halogens is 1. The minimum atomic E-state index is -1.25. The number of nitrogens with zero attached hydrogens (tertiary/aromatic N) is 6. The standard InChI is InChI=1S/C23H21FN8O5S3/c1-31-23(28-17(29-31)10-3-5-12(24)6-4-10)40-8-11-7-38-20-15(19(34)32(20)16(11)21(35)36)27-18(33)14(30-37-2)13-9-39-22(25)26-13/h3-6,9,15,20H,7-8H2,1-2H3,(H2,25,26)(H,27,33)(H,35,36)/b30-14+/t15-,20?/m1/s1. The molecule has 1 fully saturated rings. The molecule has 1 aromatic carbocycles. The highest BCUT2D eigenvalue weighted by atomic mass is 32.2. The Kier molecular flexibility index (Phi) is 7.77. The highest BCUT2D eigenvalue weighted by molar-refractivity contribution is 8.01.